The van der Waals surface area contributed by atoms with E-state index < -0.39 is 17.7 Å². The third kappa shape index (κ3) is 2.51. The van der Waals surface area contributed by atoms with Crippen molar-refractivity contribution in [3.8, 4) is 11.5 Å². The van der Waals surface area contributed by atoms with Gasteiger partial charge in [0.05, 0.1) is 24.6 Å². The molecule has 5 nitrogen and oxygen atoms in total. The zero-order chi connectivity index (χ0) is 16.7. The van der Waals surface area contributed by atoms with Crippen LogP contribution in [0, 0.1) is 11.6 Å². The lowest BCUT2D eigenvalue weighted by Gasteiger charge is -2.14. The molecule has 24 heavy (non-hydrogen) atoms. The summed E-state index contributed by atoms with van der Waals surface area (Å²) in [6, 6.07) is 4.27. The van der Waals surface area contributed by atoms with E-state index in [1.807, 2.05) is 6.07 Å². The molecule has 0 unspecified atom stereocenters. The van der Waals surface area contributed by atoms with Crippen molar-refractivity contribution in [2.24, 2.45) is 0 Å². The lowest BCUT2D eigenvalue weighted by molar-refractivity contribution is 0.262. The Morgan fingerprint density at radius 2 is 1.88 bits per heavy atom. The SMILES string of the molecule is O=C(Nc1ccc(F)cc1F)Nc1c2c(cc3c1OCC3)OCC2. The Hall–Kier alpha value is -2.83. The minimum atomic E-state index is -0.840. The summed E-state index contributed by atoms with van der Waals surface area (Å²) in [5.41, 5.74) is 2.29. The lowest BCUT2D eigenvalue weighted by atomic mass is 10.0. The highest BCUT2D eigenvalue weighted by atomic mass is 19.1. The number of halogens is 2. The second kappa shape index (κ2) is 5.67. The molecule has 124 valence electrons. The van der Waals surface area contributed by atoms with Crippen LogP contribution in [0.5, 0.6) is 11.5 Å². The number of benzene rings is 2. The van der Waals surface area contributed by atoms with E-state index in [2.05, 4.69) is 10.6 Å². The van der Waals surface area contributed by atoms with Crippen LogP contribution in [-0.4, -0.2) is 19.2 Å². The van der Waals surface area contributed by atoms with Crippen LogP contribution < -0.4 is 20.1 Å². The first-order valence-electron chi connectivity index (χ1n) is 7.59. The molecule has 4 rings (SSSR count). The first-order valence-corrected chi connectivity index (χ1v) is 7.59. The van der Waals surface area contributed by atoms with Gasteiger partial charge in [-0.3, -0.25) is 0 Å². The van der Waals surface area contributed by atoms with Crippen LogP contribution in [-0.2, 0) is 12.8 Å². The normalized spacial score (nSPS) is 14.4. The molecular formula is C17H14F2N2O3. The van der Waals surface area contributed by atoms with Crippen LogP contribution in [0.1, 0.15) is 11.1 Å². The van der Waals surface area contributed by atoms with Crippen molar-refractivity contribution < 1.29 is 23.0 Å². The second-order valence-corrected chi connectivity index (χ2v) is 5.62. The number of nitrogens with one attached hydrogen (secondary N) is 2. The Labute approximate surface area is 136 Å². The number of urea groups is 1. The van der Waals surface area contributed by atoms with Crippen LogP contribution >= 0.6 is 0 Å². The minimum Gasteiger partial charge on any atom is -0.493 e. The molecule has 0 bridgehead atoms. The van der Waals surface area contributed by atoms with E-state index in [-0.39, 0.29) is 5.69 Å². The van der Waals surface area contributed by atoms with Crippen LogP contribution in [0.4, 0.5) is 25.0 Å². The first-order chi connectivity index (χ1) is 11.6. The van der Waals surface area contributed by atoms with Gasteiger partial charge in [-0.05, 0) is 18.2 Å². The zero-order valence-electron chi connectivity index (χ0n) is 12.6. The molecule has 0 radical (unpaired) electrons. The molecule has 0 fully saturated rings. The van der Waals surface area contributed by atoms with Crippen LogP contribution in [0.3, 0.4) is 0 Å². The van der Waals surface area contributed by atoms with Gasteiger partial charge >= 0.3 is 6.03 Å². The van der Waals surface area contributed by atoms with E-state index in [0.717, 1.165) is 29.4 Å². The minimum absolute atomic E-state index is 0.102. The molecule has 0 saturated carbocycles. The van der Waals surface area contributed by atoms with Gasteiger partial charge in [-0.15, -0.1) is 0 Å². The van der Waals surface area contributed by atoms with Gasteiger partial charge < -0.3 is 20.1 Å². The number of rotatable bonds is 2. The summed E-state index contributed by atoms with van der Waals surface area (Å²) in [7, 11) is 0. The molecule has 2 N–H and O–H groups in total. The maximum atomic E-state index is 13.7. The topological polar surface area (TPSA) is 59.6 Å². The fraction of sp³-hybridized carbons (Fsp3) is 0.235. The third-order valence-corrected chi connectivity index (χ3v) is 4.07. The van der Waals surface area contributed by atoms with Crippen LogP contribution in [0.25, 0.3) is 0 Å². The highest BCUT2D eigenvalue weighted by molar-refractivity contribution is 6.02. The van der Waals surface area contributed by atoms with Crippen molar-refractivity contribution in [3.05, 3.63) is 47.0 Å². The number of ether oxygens (including phenoxy) is 2. The maximum absolute atomic E-state index is 13.7. The summed E-state index contributed by atoms with van der Waals surface area (Å²) in [6.45, 7) is 1.09. The third-order valence-electron chi connectivity index (χ3n) is 4.07. The molecule has 0 aromatic heterocycles. The fourth-order valence-corrected chi connectivity index (χ4v) is 2.98. The van der Waals surface area contributed by atoms with Crippen LogP contribution in [0.2, 0.25) is 0 Å². The van der Waals surface area contributed by atoms with Crippen molar-refractivity contribution in [1.29, 1.82) is 0 Å². The molecule has 2 aromatic carbocycles. The molecule has 0 atom stereocenters. The number of carbonyl (C=O) groups is 1. The van der Waals surface area contributed by atoms with E-state index in [1.54, 1.807) is 0 Å². The van der Waals surface area contributed by atoms with Crippen molar-refractivity contribution in [3.63, 3.8) is 0 Å². The zero-order valence-corrected chi connectivity index (χ0v) is 12.6. The van der Waals surface area contributed by atoms with E-state index in [1.165, 1.54) is 6.07 Å². The molecule has 2 aliphatic rings. The second-order valence-electron chi connectivity index (χ2n) is 5.62. The predicted octanol–water partition coefficient (Wildman–Crippen LogP) is 3.48. The van der Waals surface area contributed by atoms with Crippen LogP contribution in [0.15, 0.2) is 24.3 Å². The number of hydrogen-bond donors (Lipinski definition) is 2. The van der Waals surface area contributed by atoms with Gasteiger partial charge in [-0.2, -0.15) is 0 Å². The summed E-state index contributed by atoms with van der Waals surface area (Å²) < 4.78 is 37.8. The van der Waals surface area contributed by atoms with Gasteiger partial charge in [0.1, 0.15) is 23.1 Å². The molecule has 2 heterocycles. The maximum Gasteiger partial charge on any atom is 0.323 e. The monoisotopic (exact) mass is 332 g/mol. The van der Waals surface area contributed by atoms with Crippen molar-refractivity contribution in [2.45, 2.75) is 12.8 Å². The molecular weight excluding hydrogens is 318 g/mol. The number of hydrogen-bond acceptors (Lipinski definition) is 3. The van der Waals surface area contributed by atoms with Gasteiger partial charge in [-0.25, -0.2) is 13.6 Å². The van der Waals surface area contributed by atoms with Crippen molar-refractivity contribution >= 4 is 17.4 Å². The van der Waals surface area contributed by atoms with Gasteiger partial charge in [0, 0.05) is 30.0 Å². The number of fused-ring (bicyclic) bond motifs is 2. The summed E-state index contributed by atoms with van der Waals surface area (Å²) in [5.74, 6) is -0.174. The van der Waals surface area contributed by atoms with Crippen molar-refractivity contribution in [2.75, 3.05) is 23.8 Å². The molecule has 7 heteroatoms. The molecule has 2 amide bonds. The fourth-order valence-electron chi connectivity index (χ4n) is 2.98. The lowest BCUT2D eigenvalue weighted by Crippen LogP contribution is -2.21. The Bertz CT molecular complexity index is 807. The van der Waals surface area contributed by atoms with Gasteiger partial charge in [0.25, 0.3) is 0 Å². The molecule has 0 spiro atoms. The molecule has 0 saturated heterocycles. The standard InChI is InChI=1S/C17H14F2N2O3/c18-10-1-2-13(12(19)8-10)20-17(22)21-15-11-4-6-23-14(11)7-9-3-5-24-16(9)15/h1-2,7-8H,3-6H2,(H2,20,21,22). The average molecular weight is 332 g/mol. The smallest absolute Gasteiger partial charge is 0.323 e. The quantitative estimate of drug-likeness (QED) is 0.885. The summed E-state index contributed by atoms with van der Waals surface area (Å²) in [5, 5.41) is 5.10. The summed E-state index contributed by atoms with van der Waals surface area (Å²) in [4.78, 5) is 12.2. The molecule has 0 aliphatic carbocycles. The highest BCUT2D eigenvalue weighted by Crippen LogP contribution is 2.44. The summed E-state index contributed by atoms with van der Waals surface area (Å²) in [6.07, 6.45) is 1.40. The molecule has 2 aromatic rings. The predicted molar refractivity (Wildman–Crippen MR) is 83.8 cm³/mol. The highest BCUT2D eigenvalue weighted by Gasteiger charge is 2.27. The Kier molecular flexibility index (Phi) is 3.48. The Morgan fingerprint density at radius 1 is 1.04 bits per heavy atom. The van der Waals surface area contributed by atoms with Crippen molar-refractivity contribution in [1.82, 2.24) is 0 Å². The first kappa shape index (κ1) is 14.7. The number of amides is 2. The van der Waals surface area contributed by atoms with Gasteiger partial charge in [-0.1, -0.05) is 0 Å². The summed E-state index contributed by atoms with van der Waals surface area (Å²) >= 11 is 0. The number of carbonyl (C=O) groups excluding carboxylic acids is 1. The Morgan fingerprint density at radius 3 is 2.71 bits per heavy atom. The Balaban J connectivity index is 1.60. The van der Waals surface area contributed by atoms with Gasteiger partial charge in [0.15, 0.2) is 0 Å². The average Bonchev–Trinajstić information content (AvgIpc) is 3.18. The largest absolute Gasteiger partial charge is 0.493 e. The van der Waals surface area contributed by atoms with E-state index in [0.29, 0.717) is 37.1 Å². The molecule has 2 aliphatic heterocycles. The van der Waals surface area contributed by atoms with Gasteiger partial charge in [0.2, 0.25) is 0 Å². The van der Waals surface area contributed by atoms with E-state index in [9.17, 15) is 13.6 Å². The van der Waals surface area contributed by atoms with E-state index in [4.69, 9.17) is 9.47 Å². The van der Waals surface area contributed by atoms with E-state index >= 15 is 0 Å². The number of anilines is 2.